The second-order valence-corrected chi connectivity index (χ2v) is 5.59. The van der Waals surface area contributed by atoms with Crippen LogP contribution >= 0.6 is 11.3 Å². The lowest BCUT2D eigenvalue weighted by Gasteiger charge is -2.25. The van der Waals surface area contributed by atoms with Crippen LogP contribution in [0, 0.1) is 0 Å². The first kappa shape index (κ1) is 13.0. The van der Waals surface area contributed by atoms with Crippen LogP contribution in [0.4, 0.5) is 0 Å². The van der Waals surface area contributed by atoms with Crippen LogP contribution in [-0.4, -0.2) is 54.4 Å². The molecule has 1 fully saturated rings. The van der Waals surface area contributed by atoms with Gasteiger partial charge in [0, 0.05) is 43.0 Å². The van der Waals surface area contributed by atoms with Crippen molar-refractivity contribution in [1.82, 2.24) is 9.88 Å². The smallest absolute Gasteiger partial charge is 0.0940 e. The molecule has 1 saturated heterocycles. The van der Waals surface area contributed by atoms with Crippen molar-refractivity contribution < 1.29 is 9.84 Å². The Morgan fingerprint density at radius 3 is 3.00 bits per heavy atom. The van der Waals surface area contributed by atoms with E-state index in [-0.39, 0.29) is 12.5 Å². The fourth-order valence-electron chi connectivity index (χ4n) is 1.84. The summed E-state index contributed by atoms with van der Waals surface area (Å²) in [6.07, 6.45) is 2.91. The fourth-order valence-corrected chi connectivity index (χ4v) is 2.79. The van der Waals surface area contributed by atoms with Crippen molar-refractivity contribution in [2.75, 3.05) is 39.5 Å². The highest BCUT2D eigenvalue weighted by Crippen LogP contribution is 2.22. The normalized spacial score (nSPS) is 19.4. The van der Waals surface area contributed by atoms with Crippen molar-refractivity contribution in [1.29, 1.82) is 0 Å². The molecule has 0 aromatic carbocycles. The zero-order valence-corrected chi connectivity index (χ0v) is 11.1. The van der Waals surface area contributed by atoms with E-state index in [2.05, 4.69) is 9.88 Å². The zero-order valence-electron chi connectivity index (χ0n) is 10.3. The monoisotopic (exact) mass is 256 g/mol. The maximum Gasteiger partial charge on any atom is 0.0940 e. The van der Waals surface area contributed by atoms with E-state index in [0.717, 1.165) is 39.3 Å². The number of rotatable bonds is 5. The van der Waals surface area contributed by atoms with E-state index in [9.17, 15) is 0 Å². The Hall–Kier alpha value is -0.490. The molecule has 1 aliphatic heterocycles. The van der Waals surface area contributed by atoms with Gasteiger partial charge in [-0.15, -0.1) is 11.3 Å². The molecule has 1 N–H and O–H groups in total. The Kier molecular flexibility index (Phi) is 4.91. The standard InChI is InChI=1S/C12H20N2O2S/c1-10(9-15)11-8-13-12(17-11)2-3-14-4-6-16-7-5-14/h8,10,15H,2-7,9H2,1H3. The van der Waals surface area contributed by atoms with Crippen molar-refractivity contribution in [2.24, 2.45) is 0 Å². The number of thiazole rings is 1. The molecule has 0 aliphatic carbocycles. The lowest BCUT2D eigenvalue weighted by molar-refractivity contribution is 0.0384. The summed E-state index contributed by atoms with van der Waals surface area (Å²) >= 11 is 1.73. The van der Waals surface area contributed by atoms with Gasteiger partial charge in [0.15, 0.2) is 0 Å². The van der Waals surface area contributed by atoms with Crippen molar-refractivity contribution in [2.45, 2.75) is 19.3 Å². The van der Waals surface area contributed by atoms with E-state index in [4.69, 9.17) is 9.84 Å². The molecule has 2 heterocycles. The molecule has 1 aromatic heterocycles. The number of morpholine rings is 1. The highest BCUT2D eigenvalue weighted by atomic mass is 32.1. The summed E-state index contributed by atoms with van der Waals surface area (Å²) in [6.45, 7) is 7.06. The minimum atomic E-state index is 0.200. The number of aromatic nitrogens is 1. The average molecular weight is 256 g/mol. The third-order valence-electron chi connectivity index (χ3n) is 3.08. The van der Waals surface area contributed by atoms with Gasteiger partial charge in [0.05, 0.1) is 24.8 Å². The highest BCUT2D eigenvalue weighted by Gasteiger charge is 2.12. The Morgan fingerprint density at radius 1 is 1.53 bits per heavy atom. The van der Waals surface area contributed by atoms with Crippen molar-refractivity contribution in [3.8, 4) is 0 Å². The summed E-state index contributed by atoms with van der Waals surface area (Å²) in [5, 5.41) is 10.3. The largest absolute Gasteiger partial charge is 0.396 e. The van der Waals surface area contributed by atoms with Crippen LogP contribution in [0.5, 0.6) is 0 Å². The molecule has 0 bridgehead atoms. The molecular formula is C12H20N2O2S. The Morgan fingerprint density at radius 2 is 2.29 bits per heavy atom. The first-order chi connectivity index (χ1) is 8.29. The van der Waals surface area contributed by atoms with Gasteiger partial charge in [-0.25, -0.2) is 4.98 Å². The second kappa shape index (κ2) is 6.44. The van der Waals surface area contributed by atoms with Gasteiger partial charge in [-0.05, 0) is 0 Å². The van der Waals surface area contributed by atoms with Gasteiger partial charge >= 0.3 is 0 Å². The van der Waals surface area contributed by atoms with E-state index < -0.39 is 0 Å². The second-order valence-electron chi connectivity index (χ2n) is 4.44. The molecular weight excluding hydrogens is 236 g/mol. The lowest BCUT2D eigenvalue weighted by Crippen LogP contribution is -2.37. The first-order valence-corrected chi connectivity index (χ1v) is 6.97. The third kappa shape index (κ3) is 3.74. The molecule has 1 atom stereocenters. The SMILES string of the molecule is CC(CO)c1cnc(CCN2CCOCC2)s1. The number of ether oxygens (including phenoxy) is 1. The predicted octanol–water partition coefficient (Wildman–Crippen LogP) is 1.11. The van der Waals surface area contributed by atoms with Crippen LogP contribution in [0.15, 0.2) is 6.20 Å². The number of aliphatic hydroxyl groups is 1. The molecule has 5 heteroatoms. The highest BCUT2D eigenvalue weighted by molar-refractivity contribution is 7.11. The molecule has 4 nitrogen and oxygen atoms in total. The maximum absolute atomic E-state index is 9.09. The first-order valence-electron chi connectivity index (χ1n) is 6.15. The Balaban J connectivity index is 1.80. The predicted molar refractivity (Wildman–Crippen MR) is 68.6 cm³/mol. The van der Waals surface area contributed by atoms with E-state index in [1.807, 2.05) is 13.1 Å². The molecule has 0 amide bonds. The summed E-state index contributed by atoms with van der Waals surface area (Å²) in [7, 11) is 0. The van der Waals surface area contributed by atoms with Crippen LogP contribution in [0.3, 0.4) is 0 Å². The number of hydrogen-bond donors (Lipinski definition) is 1. The maximum atomic E-state index is 9.09. The lowest BCUT2D eigenvalue weighted by atomic mass is 10.2. The van der Waals surface area contributed by atoms with E-state index in [1.54, 1.807) is 11.3 Å². The Labute approximate surface area is 106 Å². The topological polar surface area (TPSA) is 45.6 Å². The van der Waals surface area contributed by atoms with Crippen LogP contribution in [0.2, 0.25) is 0 Å². The summed E-state index contributed by atoms with van der Waals surface area (Å²) in [6, 6.07) is 0. The van der Waals surface area contributed by atoms with E-state index >= 15 is 0 Å². The molecule has 0 saturated carbocycles. The molecule has 96 valence electrons. The van der Waals surface area contributed by atoms with Crippen LogP contribution < -0.4 is 0 Å². The van der Waals surface area contributed by atoms with Gasteiger partial charge in [-0.3, -0.25) is 4.90 Å². The number of hydrogen-bond acceptors (Lipinski definition) is 5. The minimum Gasteiger partial charge on any atom is -0.396 e. The van der Waals surface area contributed by atoms with Gasteiger partial charge in [-0.1, -0.05) is 6.92 Å². The van der Waals surface area contributed by atoms with E-state index in [0.29, 0.717) is 0 Å². The molecule has 17 heavy (non-hydrogen) atoms. The number of nitrogens with zero attached hydrogens (tertiary/aromatic N) is 2. The van der Waals surface area contributed by atoms with E-state index in [1.165, 1.54) is 9.88 Å². The van der Waals surface area contributed by atoms with Crippen LogP contribution in [-0.2, 0) is 11.2 Å². The summed E-state index contributed by atoms with van der Waals surface area (Å²) in [5.41, 5.74) is 0. The van der Waals surface area contributed by atoms with Gasteiger partial charge < -0.3 is 9.84 Å². The zero-order chi connectivity index (χ0) is 12.1. The summed E-state index contributed by atoms with van der Waals surface area (Å²) < 4.78 is 5.32. The minimum absolute atomic E-state index is 0.200. The average Bonchev–Trinajstić information content (AvgIpc) is 2.85. The van der Waals surface area contributed by atoms with Crippen molar-refractivity contribution in [3.63, 3.8) is 0 Å². The molecule has 0 radical (unpaired) electrons. The van der Waals surface area contributed by atoms with Gasteiger partial charge in [-0.2, -0.15) is 0 Å². The molecule has 0 spiro atoms. The van der Waals surface area contributed by atoms with Crippen molar-refractivity contribution >= 4 is 11.3 Å². The van der Waals surface area contributed by atoms with Crippen LogP contribution in [0.25, 0.3) is 0 Å². The molecule has 1 unspecified atom stereocenters. The quantitative estimate of drug-likeness (QED) is 0.857. The van der Waals surface area contributed by atoms with Crippen molar-refractivity contribution in [3.05, 3.63) is 16.1 Å². The summed E-state index contributed by atoms with van der Waals surface area (Å²) in [5.74, 6) is 0.213. The molecule has 1 aliphatic rings. The number of aliphatic hydroxyl groups excluding tert-OH is 1. The van der Waals surface area contributed by atoms with Crippen LogP contribution in [0.1, 0.15) is 22.7 Å². The fraction of sp³-hybridized carbons (Fsp3) is 0.750. The Bertz CT molecular complexity index is 337. The molecule has 2 rings (SSSR count). The van der Waals surface area contributed by atoms with Gasteiger partial charge in [0.2, 0.25) is 0 Å². The van der Waals surface area contributed by atoms with Gasteiger partial charge in [0.1, 0.15) is 0 Å². The summed E-state index contributed by atoms with van der Waals surface area (Å²) in [4.78, 5) is 8.02. The molecule has 1 aromatic rings. The van der Waals surface area contributed by atoms with Gasteiger partial charge in [0.25, 0.3) is 0 Å². The third-order valence-corrected chi connectivity index (χ3v) is 4.37.